The second-order valence-electron chi connectivity index (χ2n) is 5.73. The predicted octanol–water partition coefficient (Wildman–Crippen LogP) is 1.67. The SMILES string of the molecule is CCCN1CCN(CC(=O)Nc2cc(OC)ccc2OC)CC1. The maximum atomic E-state index is 12.3. The molecule has 6 nitrogen and oxygen atoms in total. The first-order valence-corrected chi connectivity index (χ1v) is 8.12. The number of amides is 1. The van der Waals surface area contributed by atoms with Gasteiger partial charge in [-0.3, -0.25) is 9.69 Å². The molecule has 6 heteroatoms. The Bertz CT molecular complexity index is 514. The van der Waals surface area contributed by atoms with Crippen LogP contribution in [0.3, 0.4) is 0 Å². The van der Waals surface area contributed by atoms with Gasteiger partial charge in [0.05, 0.1) is 26.5 Å². The van der Waals surface area contributed by atoms with Crippen molar-refractivity contribution in [2.24, 2.45) is 0 Å². The highest BCUT2D eigenvalue weighted by molar-refractivity contribution is 5.94. The van der Waals surface area contributed by atoms with E-state index < -0.39 is 0 Å². The van der Waals surface area contributed by atoms with E-state index in [1.54, 1.807) is 32.4 Å². The molecule has 0 saturated carbocycles. The Morgan fingerprint density at radius 2 is 1.83 bits per heavy atom. The highest BCUT2D eigenvalue weighted by atomic mass is 16.5. The summed E-state index contributed by atoms with van der Waals surface area (Å²) in [6, 6.07) is 5.37. The van der Waals surface area contributed by atoms with Crippen LogP contribution in [0, 0.1) is 0 Å². The minimum absolute atomic E-state index is 0.0273. The average molecular weight is 321 g/mol. The van der Waals surface area contributed by atoms with Gasteiger partial charge in [-0.15, -0.1) is 0 Å². The van der Waals surface area contributed by atoms with Crippen LogP contribution in [0.2, 0.25) is 0 Å². The summed E-state index contributed by atoms with van der Waals surface area (Å²) in [5.41, 5.74) is 0.640. The Morgan fingerprint density at radius 3 is 2.43 bits per heavy atom. The quantitative estimate of drug-likeness (QED) is 0.828. The summed E-state index contributed by atoms with van der Waals surface area (Å²) < 4.78 is 10.5. The third-order valence-corrected chi connectivity index (χ3v) is 4.05. The lowest BCUT2D eigenvalue weighted by atomic mass is 10.2. The van der Waals surface area contributed by atoms with E-state index >= 15 is 0 Å². The van der Waals surface area contributed by atoms with Crippen molar-refractivity contribution in [1.29, 1.82) is 0 Å². The molecule has 1 saturated heterocycles. The molecule has 0 spiro atoms. The van der Waals surface area contributed by atoms with Gasteiger partial charge in [0.25, 0.3) is 0 Å². The van der Waals surface area contributed by atoms with Crippen LogP contribution in [-0.2, 0) is 4.79 Å². The van der Waals surface area contributed by atoms with E-state index in [0.717, 1.165) is 32.7 Å². The summed E-state index contributed by atoms with van der Waals surface area (Å²) in [6.07, 6.45) is 1.18. The van der Waals surface area contributed by atoms with Crippen molar-refractivity contribution in [2.45, 2.75) is 13.3 Å². The molecule has 1 aliphatic rings. The van der Waals surface area contributed by atoms with Crippen LogP contribution in [0.1, 0.15) is 13.3 Å². The summed E-state index contributed by atoms with van der Waals surface area (Å²) >= 11 is 0. The number of nitrogens with zero attached hydrogens (tertiary/aromatic N) is 2. The van der Waals surface area contributed by atoms with E-state index in [1.165, 1.54) is 6.42 Å². The Kier molecular flexibility index (Phi) is 6.67. The van der Waals surface area contributed by atoms with Gasteiger partial charge < -0.3 is 19.7 Å². The van der Waals surface area contributed by atoms with Crippen LogP contribution < -0.4 is 14.8 Å². The molecule has 0 bridgehead atoms. The maximum absolute atomic E-state index is 12.3. The van der Waals surface area contributed by atoms with Crippen LogP contribution >= 0.6 is 0 Å². The molecule has 0 radical (unpaired) electrons. The molecule has 1 heterocycles. The van der Waals surface area contributed by atoms with Crippen molar-refractivity contribution < 1.29 is 14.3 Å². The van der Waals surface area contributed by atoms with Crippen LogP contribution in [-0.4, -0.2) is 69.2 Å². The van der Waals surface area contributed by atoms with Crippen molar-refractivity contribution >= 4 is 11.6 Å². The number of carbonyl (C=O) groups is 1. The summed E-state index contributed by atoms with van der Waals surface area (Å²) in [6.45, 7) is 7.67. The Balaban J connectivity index is 1.88. The highest BCUT2D eigenvalue weighted by Crippen LogP contribution is 2.28. The van der Waals surface area contributed by atoms with Gasteiger partial charge in [0.1, 0.15) is 11.5 Å². The smallest absolute Gasteiger partial charge is 0.238 e. The van der Waals surface area contributed by atoms with Gasteiger partial charge in [0.2, 0.25) is 5.91 Å². The first-order valence-electron chi connectivity index (χ1n) is 8.12. The van der Waals surface area contributed by atoms with Crippen molar-refractivity contribution in [1.82, 2.24) is 9.80 Å². The normalized spacial score (nSPS) is 16.1. The van der Waals surface area contributed by atoms with Crippen molar-refractivity contribution in [3.8, 4) is 11.5 Å². The summed E-state index contributed by atoms with van der Waals surface area (Å²) in [5, 5.41) is 2.92. The highest BCUT2D eigenvalue weighted by Gasteiger charge is 2.19. The number of rotatable bonds is 7. The largest absolute Gasteiger partial charge is 0.497 e. The standard InChI is InChI=1S/C17H27N3O3/c1-4-7-19-8-10-20(11-9-19)13-17(21)18-15-12-14(22-2)5-6-16(15)23-3/h5-6,12H,4,7-11,13H2,1-3H3,(H,18,21). The van der Waals surface area contributed by atoms with Crippen LogP contribution in [0.5, 0.6) is 11.5 Å². The Morgan fingerprint density at radius 1 is 1.13 bits per heavy atom. The van der Waals surface area contributed by atoms with Gasteiger partial charge in [-0.05, 0) is 25.1 Å². The zero-order valence-corrected chi connectivity index (χ0v) is 14.3. The maximum Gasteiger partial charge on any atom is 0.238 e. The Labute approximate surface area is 138 Å². The fourth-order valence-electron chi connectivity index (χ4n) is 2.79. The summed E-state index contributed by atoms with van der Waals surface area (Å²) in [4.78, 5) is 16.9. The summed E-state index contributed by atoms with van der Waals surface area (Å²) in [5.74, 6) is 1.29. The van der Waals surface area contributed by atoms with Gasteiger partial charge in [-0.2, -0.15) is 0 Å². The average Bonchev–Trinajstić information content (AvgIpc) is 2.56. The number of anilines is 1. The molecule has 1 fully saturated rings. The lowest BCUT2D eigenvalue weighted by Gasteiger charge is -2.34. The first-order chi connectivity index (χ1) is 11.2. The molecule has 0 atom stereocenters. The topological polar surface area (TPSA) is 54.0 Å². The molecular formula is C17H27N3O3. The van der Waals surface area contributed by atoms with E-state index in [4.69, 9.17) is 9.47 Å². The second kappa shape index (κ2) is 8.74. The molecule has 0 unspecified atom stereocenters. The molecule has 1 aliphatic heterocycles. The van der Waals surface area contributed by atoms with E-state index in [0.29, 0.717) is 23.7 Å². The molecular weight excluding hydrogens is 294 g/mol. The van der Waals surface area contributed by atoms with Gasteiger partial charge in [0, 0.05) is 32.2 Å². The molecule has 1 aromatic carbocycles. The van der Waals surface area contributed by atoms with Crippen molar-refractivity contribution in [3.05, 3.63) is 18.2 Å². The van der Waals surface area contributed by atoms with Gasteiger partial charge in [0.15, 0.2) is 0 Å². The van der Waals surface area contributed by atoms with E-state index in [9.17, 15) is 4.79 Å². The number of hydrogen-bond donors (Lipinski definition) is 1. The Hall–Kier alpha value is -1.79. The number of hydrogen-bond acceptors (Lipinski definition) is 5. The lowest BCUT2D eigenvalue weighted by molar-refractivity contribution is -0.117. The third kappa shape index (κ3) is 5.11. The number of piperazine rings is 1. The molecule has 23 heavy (non-hydrogen) atoms. The number of methoxy groups -OCH3 is 2. The molecule has 128 valence electrons. The van der Waals surface area contributed by atoms with Gasteiger partial charge in [-0.25, -0.2) is 0 Å². The molecule has 0 aromatic heterocycles. The molecule has 1 aromatic rings. The molecule has 0 aliphatic carbocycles. The number of ether oxygens (including phenoxy) is 2. The molecule has 2 rings (SSSR count). The minimum Gasteiger partial charge on any atom is -0.497 e. The lowest BCUT2D eigenvalue weighted by Crippen LogP contribution is -2.48. The molecule has 1 N–H and O–H groups in total. The predicted molar refractivity (Wildman–Crippen MR) is 91.3 cm³/mol. The minimum atomic E-state index is -0.0273. The van der Waals surface area contributed by atoms with E-state index in [-0.39, 0.29) is 5.91 Å². The van der Waals surface area contributed by atoms with Gasteiger partial charge >= 0.3 is 0 Å². The van der Waals surface area contributed by atoms with Crippen LogP contribution in [0.15, 0.2) is 18.2 Å². The van der Waals surface area contributed by atoms with Gasteiger partial charge in [-0.1, -0.05) is 6.92 Å². The fourth-order valence-corrected chi connectivity index (χ4v) is 2.79. The van der Waals surface area contributed by atoms with E-state index in [2.05, 4.69) is 22.0 Å². The number of carbonyl (C=O) groups excluding carboxylic acids is 1. The second-order valence-corrected chi connectivity index (χ2v) is 5.73. The fraction of sp³-hybridized carbons (Fsp3) is 0.588. The zero-order chi connectivity index (χ0) is 16.7. The van der Waals surface area contributed by atoms with Crippen molar-refractivity contribution in [3.63, 3.8) is 0 Å². The number of nitrogens with one attached hydrogen (secondary N) is 1. The van der Waals surface area contributed by atoms with Crippen LogP contribution in [0.4, 0.5) is 5.69 Å². The number of benzene rings is 1. The first kappa shape index (κ1) is 17.6. The van der Waals surface area contributed by atoms with E-state index in [1.807, 2.05) is 0 Å². The monoisotopic (exact) mass is 321 g/mol. The van der Waals surface area contributed by atoms with Crippen LogP contribution in [0.25, 0.3) is 0 Å². The zero-order valence-electron chi connectivity index (χ0n) is 14.3. The third-order valence-electron chi connectivity index (χ3n) is 4.05. The van der Waals surface area contributed by atoms with Crippen molar-refractivity contribution in [2.75, 3.05) is 58.8 Å². The molecule has 1 amide bonds. The summed E-state index contributed by atoms with van der Waals surface area (Å²) in [7, 11) is 3.19.